The number of benzene rings is 2. The van der Waals surface area contributed by atoms with E-state index in [0.717, 1.165) is 5.56 Å². The van der Waals surface area contributed by atoms with Crippen LogP contribution in [0.5, 0.6) is 5.75 Å². The minimum atomic E-state index is -1.08. The van der Waals surface area contributed by atoms with Crippen molar-refractivity contribution in [1.82, 2.24) is 5.32 Å². The van der Waals surface area contributed by atoms with E-state index in [2.05, 4.69) is 5.32 Å². The lowest BCUT2D eigenvalue weighted by Crippen LogP contribution is -2.33. The van der Waals surface area contributed by atoms with Crippen molar-refractivity contribution in [3.63, 3.8) is 0 Å². The molecule has 0 aliphatic carbocycles. The summed E-state index contributed by atoms with van der Waals surface area (Å²) in [5.41, 5.74) is 1.01. The number of aliphatic hydroxyl groups is 1. The van der Waals surface area contributed by atoms with Gasteiger partial charge in [0.1, 0.15) is 24.1 Å². The molecule has 0 saturated carbocycles. The Morgan fingerprint density at radius 2 is 2.00 bits per heavy atom. The number of para-hydroxylation sites is 1. The van der Waals surface area contributed by atoms with Crippen LogP contribution < -0.4 is 10.1 Å². The molecule has 0 fully saturated rings. The Labute approximate surface area is 127 Å². The van der Waals surface area contributed by atoms with E-state index in [1.807, 2.05) is 24.3 Å². The SMILES string of the molecule is O=C(NCC(O)c1ccccc1F)C1COc2ccccc21. The summed E-state index contributed by atoms with van der Waals surface area (Å²) in [6.45, 7) is 0.236. The molecule has 2 aromatic carbocycles. The van der Waals surface area contributed by atoms with E-state index < -0.39 is 17.8 Å². The summed E-state index contributed by atoms with van der Waals surface area (Å²) in [4.78, 5) is 12.2. The third-order valence-electron chi connectivity index (χ3n) is 3.75. The van der Waals surface area contributed by atoms with Crippen molar-refractivity contribution in [2.45, 2.75) is 12.0 Å². The third kappa shape index (κ3) is 2.80. The maximum absolute atomic E-state index is 13.6. The number of hydrogen-bond acceptors (Lipinski definition) is 3. The molecule has 0 spiro atoms. The zero-order chi connectivity index (χ0) is 15.5. The van der Waals surface area contributed by atoms with Crippen LogP contribution in [0.4, 0.5) is 4.39 Å². The largest absolute Gasteiger partial charge is 0.492 e. The fraction of sp³-hybridized carbons (Fsp3) is 0.235. The molecule has 2 unspecified atom stereocenters. The van der Waals surface area contributed by atoms with Crippen molar-refractivity contribution in [2.75, 3.05) is 13.2 Å². The van der Waals surface area contributed by atoms with Crippen LogP contribution in [0.2, 0.25) is 0 Å². The van der Waals surface area contributed by atoms with E-state index in [4.69, 9.17) is 4.74 Å². The second-order valence-corrected chi connectivity index (χ2v) is 5.18. The Balaban J connectivity index is 1.63. The number of halogens is 1. The van der Waals surface area contributed by atoms with Gasteiger partial charge in [0.2, 0.25) is 5.91 Å². The lowest BCUT2D eigenvalue weighted by Gasteiger charge is -2.15. The van der Waals surface area contributed by atoms with Gasteiger partial charge < -0.3 is 15.2 Å². The van der Waals surface area contributed by atoms with Gasteiger partial charge in [-0.1, -0.05) is 36.4 Å². The minimum Gasteiger partial charge on any atom is -0.492 e. The van der Waals surface area contributed by atoms with Gasteiger partial charge in [0.15, 0.2) is 0 Å². The number of hydrogen-bond donors (Lipinski definition) is 2. The highest BCUT2D eigenvalue weighted by Gasteiger charge is 2.30. The molecular weight excluding hydrogens is 285 g/mol. The third-order valence-corrected chi connectivity index (χ3v) is 3.75. The fourth-order valence-corrected chi connectivity index (χ4v) is 2.56. The Hall–Kier alpha value is -2.40. The van der Waals surface area contributed by atoms with Crippen molar-refractivity contribution in [3.8, 4) is 5.75 Å². The molecule has 5 heteroatoms. The summed E-state index contributed by atoms with van der Waals surface area (Å²) >= 11 is 0. The highest BCUT2D eigenvalue weighted by atomic mass is 19.1. The second-order valence-electron chi connectivity index (χ2n) is 5.18. The highest BCUT2D eigenvalue weighted by molar-refractivity contribution is 5.85. The predicted molar refractivity (Wildman–Crippen MR) is 79.0 cm³/mol. The van der Waals surface area contributed by atoms with Crippen LogP contribution in [0.3, 0.4) is 0 Å². The van der Waals surface area contributed by atoms with E-state index >= 15 is 0 Å². The van der Waals surface area contributed by atoms with Gasteiger partial charge in [-0.05, 0) is 12.1 Å². The first-order valence-electron chi connectivity index (χ1n) is 7.08. The summed E-state index contributed by atoms with van der Waals surface area (Å²) in [5.74, 6) is -0.416. The van der Waals surface area contributed by atoms with Crippen molar-refractivity contribution < 1.29 is 19.0 Å². The van der Waals surface area contributed by atoms with Gasteiger partial charge >= 0.3 is 0 Å². The summed E-state index contributed by atoms with van der Waals surface area (Å²) in [6.07, 6.45) is -1.08. The summed E-state index contributed by atoms with van der Waals surface area (Å²) < 4.78 is 19.0. The van der Waals surface area contributed by atoms with E-state index in [1.165, 1.54) is 12.1 Å². The summed E-state index contributed by atoms with van der Waals surface area (Å²) in [5, 5.41) is 12.7. The number of fused-ring (bicyclic) bond motifs is 1. The first-order valence-corrected chi connectivity index (χ1v) is 7.08. The molecule has 2 aromatic rings. The quantitative estimate of drug-likeness (QED) is 0.910. The van der Waals surface area contributed by atoms with Crippen molar-refractivity contribution in [1.29, 1.82) is 0 Å². The van der Waals surface area contributed by atoms with Gasteiger partial charge in [-0.25, -0.2) is 4.39 Å². The average molecular weight is 301 g/mol. The van der Waals surface area contributed by atoms with Crippen molar-refractivity contribution in [3.05, 3.63) is 65.5 Å². The van der Waals surface area contributed by atoms with Gasteiger partial charge in [0, 0.05) is 17.7 Å². The van der Waals surface area contributed by atoms with Crippen LogP contribution in [0.1, 0.15) is 23.1 Å². The number of carbonyl (C=O) groups excluding carboxylic acids is 1. The molecule has 1 amide bonds. The predicted octanol–water partition coefficient (Wildman–Crippen LogP) is 2.15. The van der Waals surface area contributed by atoms with Gasteiger partial charge in [0.05, 0.1) is 6.10 Å². The van der Waals surface area contributed by atoms with E-state index in [1.54, 1.807) is 12.1 Å². The molecule has 1 aliphatic rings. The number of rotatable bonds is 4. The molecule has 22 heavy (non-hydrogen) atoms. The highest BCUT2D eigenvalue weighted by Crippen LogP contribution is 2.33. The molecule has 1 aliphatic heterocycles. The molecule has 3 rings (SSSR count). The second kappa shape index (κ2) is 6.15. The Bertz CT molecular complexity index is 689. The fourth-order valence-electron chi connectivity index (χ4n) is 2.56. The van der Waals surface area contributed by atoms with Crippen LogP contribution in [-0.2, 0) is 4.79 Å². The zero-order valence-corrected chi connectivity index (χ0v) is 11.8. The molecule has 1 heterocycles. The van der Waals surface area contributed by atoms with Crippen molar-refractivity contribution >= 4 is 5.91 Å². The van der Waals surface area contributed by atoms with Gasteiger partial charge in [-0.15, -0.1) is 0 Å². The minimum absolute atomic E-state index is 0.0432. The molecule has 0 saturated heterocycles. The monoisotopic (exact) mass is 301 g/mol. The maximum Gasteiger partial charge on any atom is 0.231 e. The number of ether oxygens (including phenoxy) is 1. The maximum atomic E-state index is 13.6. The van der Waals surface area contributed by atoms with E-state index in [9.17, 15) is 14.3 Å². The van der Waals surface area contributed by atoms with E-state index in [-0.39, 0.29) is 24.6 Å². The molecule has 0 radical (unpaired) electrons. The number of amides is 1. The lowest BCUT2D eigenvalue weighted by molar-refractivity contribution is -0.123. The molecule has 2 N–H and O–H groups in total. The summed E-state index contributed by atoms with van der Waals surface area (Å²) in [6, 6.07) is 13.3. The van der Waals surface area contributed by atoms with Crippen LogP contribution in [-0.4, -0.2) is 24.2 Å². The molecule has 114 valence electrons. The van der Waals surface area contributed by atoms with Gasteiger partial charge in [0.25, 0.3) is 0 Å². The topological polar surface area (TPSA) is 58.6 Å². The Morgan fingerprint density at radius 3 is 2.82 bits per heavy atom. The molecular formula is C17H16FNO3. The molecule has 2 atom stereocenters. The Morgan fingerprint density at radius 1 is 1.27 bits per heavy atom. The number of carbonyl (C=O) groups is 1. The Kier molecular flexibility index (Phi) is 4.06. The normalized spacial score (nSPS) is 17.5. The smallest absolute Gasteiger partial charge is 0.231 e. The standard InChI is InChI=1S/C17H16FNO3/c18-14-7-3-1-6-12(14)15(20)9-19-17(21)13-10-22-16-8-4-2-5-11(13)16/h1-8,13,15,20H,9-10H2,(H,19,21). The van der Waals surface area contributed by atoms with Crippen LogP contribution >= 0.6 is 0 Å². The lowest BCUT2D eigenvalue weighted by atomic mass is 10.0. The zero-order valence-electron chi connectivity index (χ0n) is 11.8. The number of aliphatic hydroxyl groups excluding tert-OH is 1. The van der Waals surface area contributed by atoms with Gasteiger partial charge in [-0.3, -0.25) is 4.79 Å². The first-order chi connectivity index (χ1) is 10.7. The van der Waals surface area contributed by atoms with Crippen LogP contribution in [0.25, 0.3) is 0 Å². The van der Waals surface area contributed by atoms with Crippen LogP contribution in [0.15, 0.2) is 48.5 Å². The van der Waals surface area contributed by atoms with Crippen LogP contribution in [0, 0.1) is 5.82 Å². The van der Waals surface area contributed by atoms with E-state index in [0.29, 0.717) is 5.75 Å². The average Bonchev–Trinajstić information content (AvgIpc) is 2.97. The molecule has 0 aromatic heterocycles. The summed E-state index contributed by atoms with van der Waals surface area (Å²) in [7, 11) is 0. The molecule has 4 nitrogen and oxygen atoms in total. The molecule has 0 bridgehead atoms. The first kappa shape index (κ1) is 14.5. The number of nitrogens with one attached hydrogen (secondary N) is 1. The van der Waals surface area contributed by atoms with Gasteiger partial charge in [-0.2, -0.15) is 0 Å². The van der Waals surface area contributed by atoms with Crippen molar-refractivity contribution in [2.24, 2.45) is 0 Å².